The summed E-state index contributed by atoms with van der Waals surface area (Å²) in [6.45, 7) is 0.340. The second kappa shape index (κ2) is 8.36. The van der Waals surface area contributed by atoms with E-state index in [1.54, 1.807) is 30.3 Å². The van der Waals surface area contributed by atoms with E-state index in [1.165, 1.54) is 22.9 Å². The molecule has 1 N–H and O–H groups in total. The van der Waals surface area contributed by atoms with E-state index in [-0.39, 0.29) is 11.2 Å². The molecular formula is C22H17N5O3. The maximum atomic E-state index is 13.1. The molecule has 0 aliphatic rings. The summed E-state index contributed by atoms with van der Waals surface area (Å²) < 4.78 is 1.53. The number of nitrogens with one attached hydrogen (secondary N) is 1. The predicted octanol–water partition coefficient (Wildman–Crippen LogP) is 3.80. The number of anilines is 1. The molecule has 0 aliphatic heterocycles. The van der Waals surface area contributed by atoms with Crippen molar-refractivity contribution in [2.24, 2.45) is 5.10 Å². The lowest BCUT2D eigenvalue weighted by molar-refractivity contribution is -0.384. The van der Waals surface area contributed by atoms with E-state index in [1.807, 2.05) is 36.4 Å². The highest BCUT2D eigenvalue weighted by atomic mass is 16.6. The van der Waals surface area contributed by atoms with Crippen LogP contribution in [0.25, 0.3) is 10.9 Å². The van der Waals surface area contributed by atoms with E-state index < -0.39 is 4.92 Å². The van der Waals surface area contributed by atoms with Gasteiger partial charge < -0.3 is 0 Å². The Morgan fingerprint density at radius 1 is 1.00 bits per heavy atom. The van der Waals surface area contributed by atoms with Crippen molar-refractivity contribution < 1.29 is 4.92 Å². The Bertz CT molecular complexity index is 1280. The second-order valence-corrected chi connectivity index (χ2v) is 6.55. The van der Waals surface area contributed by atoms with Crippen molar-refractivity contribution in [3.63, 3.8) is 0 Å². The van der Waals surface area contributed by atoms with Crippen molar-refractivity contribution in [1.82, 2.24) is 9.55 Å². The van der Waals surface area contributed by atoms with Gasteiger partial charge in [-0.25, -0.2) is 10.4 Å². The number of hydrogen-bond acceptors (Lipinski definition) is 6. The summed E-state index contributed by atoms with van der Waals surface area (Å²) in [6.07, 6.45) is 1.51. The van der Waals surface area contributed by atoms with Crippen LogP contribution in [0.1, 0.15) is 11.1 Å². The number of nitrogens with zero attached hydrogens (tertiary/aromatic N) is 4. The molecule has 8 heteroatoms. The number of hydrogen-bond donors (Lipinski definition) is 1. The van der Waals surface area contributed by atoms with E-state index in [4.69, 9.17) is 0 Å². The van der Waals surface area contributed by atoms with Gasteiger partial charge in [0.05, 0.1) is 28.6 Å². The molecule has 1 heterocycles. The van der Waals surface area contributed by atoms with Crippen molar-refractivity contribution >= 4 is 28.8 Å². The van der Waals surface area contributed by atoms with Gasteiger partial charge in [-0.15, -0.1) is 0 Å². The number of nitro benzene ring substituents is 1. The van der Waals surface area contributed by atoms with Gasteiger partial charge in [0, 0.05) is 12.1 Å². The second-order valence-electron chi connectivity index (χ2n) is 6.55. The fourth-order valence-corrected chi connectivity index (χ4v) is 3.01. The molecule has 0 atom stereocenters. The Morgan fingerprint density at radius 2 is 1.70 bits per heavy atom. The highest BCUT2D eigenvalue weighted by Crippen LogP contribution is 2.14. The summed E-state index contributed by atoms with van der Waals surface area (Å²) in [5.41, 5.74) is 4.88. The molecule has 0 saturated heterocycles. The smallest absolute Gasteiger partial charge is 0.269 e. The number of nitro groups is 1. The van der Waals surface area contributed by atoms with Crippen molar-refractivity contribution in [2.75, 3.05) is 5.43 Å². The molecule has 0 aliphatic carbocycles. The fraction of sp³-hybridized carbons (Fsp3) is 0.0455. The average molecular weight is 399 g/mol. The minimum absolute atomic E-state index is 0.00741. The first kappa shape index (κ1) is 19.0. The molecule has 0 amide bonds. The van der Waals surface area contributed by atoms with E-state index in [2.05, 4.69) is 15.5 Å². The Balaban J connectivity index is 1.67. The van der Waals surface area contributed by atoms with E-state index >= 15 is 0 Å². The zero-order valence-electron chi connectivity index (χ0n) is 15.8. The molecule has 8 nitrogen and oxygen atoms in total. The number of fused-ring (bicyclic) bond motifs is 1. The van der Waals surface area contributed by atoms with E-state index in [9.17, 15) is 14.9 Å². The van der Waals surface area contributed by atoms with E-state index in [0.717, 1.165) is 5.56 Å². The first-order valence-electron chi connectivity index (χ1n) is 9.19. The van der Waals surface area contributed by atoms with Gasteiger partial charge in [-0.05, 0) is 35.4 Å². The van der Waals surface area contributed by atoms with Crippen LogP contribution < -0.4 is 11.0 Å². The van der Waals surface area contributed by atoms with Gasteiger partial charge >= 0.3 is 0 Å². The molecule has 3 aromatic carbocycles. The molecule has 4 rings (SSSR count). The molecule has 148 valence electrons. The third-order valence-electron chi connectivity index (χ3n) is 4.53. The predicted molar refractivity (Wildman–Crippen MR) is 116 cm³/mol. The first-order chi connectivity index (χ1) is 14.6. The number of benzene rings is 3. The van der Waals surface area contributed by atoms with Gasteiger partial charge in [0.15, 0.2) is 0 Å². The Kier molecular flexibility index (Phi) is 5.29. The largest absolute Gasteiger partial charge is 0.272 e. The topological polar surface area (TPSA) is 102 Å². The number of hydrazone groups is 1. The van der Waals surface area contributed by atoms with Crippen LogP contribution in [-0.2, 0) is 6.54 Å². The maximum Gasteiger partial charge on any atom is 0.269 e. The molecule has 4 aromatic rings. The van der Waals surface area contributed by atoms with Crippen molar-refractivity contribution in [1.29, 1.82) is 0 Å². The number of non-ortho nitro benzene ring substituents is 1. The summed E-state index contributed by atoms with van der Waals surface area (Å²) in [5, 5.41) is 15.5. The summed E-state index contributed by atoms with van der Waals surface area (Å²) in [5.74, 6) is 0.306. The summed E-state index contributed by atoms with van der Waals surface area (Å²) in [4.78, 5) is 27.9. The van der Waals surface area contributed by atoms with Crippen LogP contribution >= 0.6 is 0 Å². The van der Waals surface area contributed by atoms with Crippen LogP contribution in [0.5, 0.6) is 0 Å². The lowest BCUT2D eigenvalue weighted by atomic mass is 10.2. The molecule has 0 fully saturated rings. The lowest BCUT2D eigenvalue weighted by Gasteiger charge is -2.12. The molecular weight excluding hydrogens is 382 g/mol. The molecule has 1 aromatic heterocycles. The Labute approximate surface area is 171 Å². The van der Waals surface area contributed by atoms with Crippen LogP contribution in [0.2, 0.25) is 0 Å². The monoisotopic (exact) mass is 399 g/mol. The third-order valence-corrected chi connectivity index (χ3v) is 4.53. The number of para-hydroxylation sites is 1. The van der Waals surface area contributed by atoms with Crippen LogP contribution in [-0.4, -0.2) is 20.7 Å². The SMILES string of the molecule is O=c1c2ccccc2nc(N/N=C/c2ccc([N+](=O)[O-])cc2)n1Cc1ccccc1. The highest BCUT2D eigenvalue weighted by molar-refractivity contribution is 5.81. The number of rotatable bonds is 6. The zero-order chi connectivity index (χ0) is 20.9. The average Bonchev–Trinajstić information content (AvgIpc) is 2.77. The van der Waals surface area contributed by atoms with Crippen LogP contribution in [0.3, 0.4) is 0 Å². The van der Waals surface area contributed by atoms with Crippen LogP contribution in [0.4, 0.5) is 11.6 Å². The van der Waals surface area contributed by atoms with Gasteiger partial charge in [0.2, 0.25) is 5.95 Å². The zero-order valence-corrected chi connectivity index (χ0v) is 15.8. The molecule has 0 spiro atoms. The Hall–Kier alpha value is -4.33. The maximum absolute atomic E-state index is 13.1. The van der Waals surface area contributed by atoms with Crippen molar-refractivity contribution in [3.8, 4) is 0 Å². The van der Waals surface area contributed by atoms with Gasteiger partial charge in [-0.1, -0.05) is 42.5 Å². The fourth-order valence-electron chi connectivity index (χ4n) is 3.01. The van der Waals surface area contributed by atoms with Gasteiger partial charge in [-0.2, -0.15) is 5.10 Å². The number of aromatic nitrogens is 2. The normalized spacial score (nSPS) is 11.1. The lowest BCUT2D eigenvalue weighted by Crippen LogP contribution is -2.24. The summed E-state index contributed by atoms with van der Waals surface area (Å²) >= 11 is 0. The standard InChI is InChI=1S/C22H17N5O3/c28-21-19-8-4-5-9-20(19)24-22(26(21)15-17-6-2-1-3-7-17)25-23-14-16-10-12-18(13-11-16)27(29)30/h1-14H,15H2,(H,24,25)/b23-14+. The molecule has 0 saturated carbocycles. The minimum atomic E-state index is -0.458. The quantitative estimate of drug-likeness (QED) is 0.302. The van der Waals surface area contributed by atoms with Crippen molar-refractivity contribution in [3.05, 3.63) is 110 Å². The summed E-state index contributed by atoms with van der Waals surface area (Å²) in [6, 6.07) is 22.7. The molecule has 0 bridgehead atoms. The molecule has 30 heavy (non-hydrogen) atoms. The van der Waals surface area contributed by atoms with Crippen molar-refractivity contribution in [2.45, 2.75) is 6.54 Å². The van der Waals surface area contributed by atoms with Gasteiger partial charge in [0.25, 0.3) is 11.2 Å². The molecule has 0 unspecified atom stereocenters. The van der Waals surface area contributed by atoms with Gasteiger partial charge in [0.1, 0.15) is 0 Å². The highest BCUT2D eigenvalue weighted by Gasteiger charge is 2.11. The minimum Gasteiger partial charge on any atom is -0.272 e. The Morgan fingerprint density at radius 3 is 2.43 bits per heavy atom. The molecule has 0 radical (unpaired) electrons. The van der Waals surface area contributed by atoms with E-state index in [0.29, 0.717) is 29.0 Å². The first-order valence-corrected chi connectivity index (χ1v) is 9.19. The van der Waals surface area contributed by atoms with Crippen LogP contribution in [0.15, 0.2) is 88.8 Å². The third kappa shape index (κ3) is 4.07. The summed E-state index contributed by atoms with van der Waals surface area (Å²) in [7, 11) is 0. The van der Waals surface area contributed by atoms with Crippen LogP contribution in [0, 0.1) is 10.1 Å². The van der Waals surface area contributed by atoms with Gasteiger partial charge in [-0.3, -0.25) is 19.5 Å².